The Labute approximate surface area is 210 Å². The second-order valence-electron chi connectivity index (χ2n) is 8.15. The van der Waals surface area contributed by atoms with Gasteiger partial charge in [0.1, 0.15) is 17.2 Å². The lowest BCUT2D eigenvalue weighted by Gasteiger charge is -2.21. The summed E-state index contributed by atoms with van der Waals surface area (Å²) in [5.41, 5.74) is -2.99. The molecule has 0 fully saturated rings. The molecular weight excluding hydrogens is 520 g/mol. The van der Waals surface area contributed by atoms with E-state index in [0.29, 0.717) is 19.0 Å². The molecule has 0 aliphatic rings. The standard InChI is InChI=1S/C23H19F6N7O2/c1-3-8-30-21(38)19-16(11-31-35(19)2)33-20(37)15-10-18-32-14(12-4-6-13(24)7-5-12)9-17(36(18)34-15)22(25,26)23(27,28)29/h4-7,9-11H,3,8H2,1-2H3,(H,30,38)(H,33,37). The summed E-state index contributed by atoms with van der Waals surface area (Å²) < 4.78 is 83.7. The van der Waals surface area contributed by atoms with Gasteiger partial charge in [-0.2, -0.15) is 32.1 Å². The van der Waals surface area contributed by atoms with E-state index in [-0.39, 0.29) is 27.2 Å². The highest BCUT2D eigenvalue weighted by atomic mass is 19.4. The Bertz CT molecular complexity index is 1510. The zero-order valence-electron chi connectivity index (χ0n) is 19.8. The monoisotopic (exact) mass is 539 g/mol. The SMILES string of the molecule is CCCNC(=O)c1c(NC(=O)c2cc3nc(-c4ccc(F)cc4)cc(C(F)(F)C(F)(F)F)n3n2)cnn1C. The largest absolute Gasteiger partial charge is 0.459 e. The van der Waals surface area contributed by atoms with Gasteiger partial charge >= 0.3 is 12.1 Å². The van der Waals surface area contributed by atoms with Crippen molar-refractivity contribution >= 4 is 23.1 Å². The average Bonchev–Trinajstić information content (AvgIpc) is 3.45. The van der Waals surface area contributed by atoms with Gasteiger partial charge in [0.25, 0.3) is 11.8 Å². The third-order valence-corrected chi connectivity index (χ3v) is 5.42. The van der Waals surface area contributed by atoms with Gasteiger partial charge in [-0.05, 0) is 36.8 Å². The highest BCUT2D eigenvalue weighted by Crippen LogP contribution is 2.44. The van der Waals surface area contributed by atoms with Crippen molar-refractivity contribution < 1.29 is 35.9 Å². The lowest BCUT2D eigenvalue weighted by Crippen LogP contribution is -2.36. The zero-order valence-corrected chi connectivity index (χ0v) is 19.8. The molecule has 4 rings (SSSR count). The van der Waals surface area contributed by atoms with Crippen LogP contribution in [0.5, 0.6) is 0 Å². The van der Waals surface area contributed by atoms with Crippen molar-refractivity contribution in [3.8, 4) is 11.3 Å². The molecule has 0 bridgehead atoms. The summed E-state index contributed by atoms with van der Waals surface area (Å²) in [6.07, 6.45) is -4.18. The number of nitrogens with one attached hydrogen (secondary N) is 2. The van der Waals surface area contributed by atoms with Crippen LogP contribution in [0.2, 0.25) is 0 Å². The molecule has 4 aromatic rings. The number of benzene rings is 1. The van der Waals surface area contributed by atoms with Crippen molar-refractivity contribution in [1.82, 2.24) is 29.7 Å². The Hall–Kier alpha value is -4.43. The van der Waals surface area contributed by atoms with Crippen LogP contribution in [0.25, 0.3) is 16.9 Å². The molecule has 0 unspecified atom stereocenters. The number of hydrogen-bond donors (Lipinski definition) is 2. The molecule has 9 nitrogen and oxygen atoms in total. The van der Waals surface area contributed by atoms with Crippen LogP contribution in [-0.4, -0.2) is 48.9 Å². The molecule has 2 amide bonds. The van der Waals surface area contributed by atoms with Crippen LogP contribution in [0.3, 0.4) is 0 Å². The van der Waals surface area contributed by atoms with E-state index in [1.54, 1.807) is 0 Å². The van der Waals surface area contributed by atoms with Crippen LogP contribution in [0.4, 0.5) is 32.0 Å². The van der Waals surface area contributed by atoms with Gasteiger partial charge in [0.2, 0.25) is 0 Å². The van der Waals surface area contributed by atoms with Crippen molar-refractivity contribution in [2.24, 2.45) is 7.05 Å². The van der Waals surface area contributed by atoms with Crippen LogP contribution < -0.4 is 10.6 Å². The van der Waals surface area contributed by atoms with Crippen molar-refractivity contribution in [2.75, 3.05) is 11.9 Å². The molecule has 0 saturated heterocycles. The smallest absolute Gasteiger partial charge is 0.351 e. The van der Waals surface area contributed by atoms with Crippen molar-refractivity contribution in [3.05, 3.63) is 65.5 Å². The molecule has 3 aromatic heterocycles. The molecule has 0 spiro atoms. The minimum atomic E-state index is -5.99. The lowest BCUT2D eigenvalue weighted by atomic mass is 10.1. The number of nitrogens with zero attached hydrogens (tertiary/aromatic N) is 5. The molecule has 3 heterocycles. The number of rotatable bonds is 7. The molecule has 0 saturated carbocycles. The summed E-state index contributed by atoms with van der Waals surface area (Å²) in [6, 6.07) is 5.66. The van der Waals surface area contributed by atoms with Crippen molar-refractivity contribution in [1.29, 1.82) is 0 Å². The number of anilines is 1. The van der Waals surface area contributed by atoms with E-state index < -0.39 is 46.8 Å². The van der Waals surface area contributed by atoms with Crippen LogP contribution in [0, 0.1) is 5.82 Å². The molecule has 0 atom stereocenters. The van der Waals surface area contributed by atoms with E-state index in [1.807, 2.05) is 6.92 Å². The maximum absolute atomic E-state index is 14.5. The van der Waals surface area contributed by atoms with E-state index in [9.17, 15) is 35.9 Å². The summed E-state index contributed by atoms with van der Waals surface area (Å²) in [4.78, 5) is 29.4. The Morgan fingerprint density at radius 1 is 1.03 bits per heavy atom. The van der Waals surface area contributed by atoms with E-state index in [2.05, 4.69) is 25.8 Å². The fourth-order valence-electron chi connectivity index (χ4n) is 3.53. The maximum Gasteiger partial charge on any atom is 0.459 e. The Balaban J connectivity index is 1.78. The number of hydrogen-bond acceptors (Lipinski definition) is 5. The first-order valence-corrected chi connectivity index (χ1v) is 11.1. The second kappa shape index (κ2) is 9.79. The maximum atomic E-state index is 14.5. The van der Waals surface area contributed by atoms with E-state index in [0.717, 1.165) is 30.3 Å². The molecule has 0 aliphatic heterocycles. The fourth-order valence-corrected chi connectivity index (χ4v) is 3.53. The van der Waals surface area contributed by atoms with Gasteiger partial charge in [-0.3, -0.25) is 14.3 Å². The van der Waals surface area contributed by atoms with Gasteiger partial charge in [0.05, 0.1) is 17.6 Å². The summed E-state index contributed by atoms with van der Waals surface area (Å²) in [7, 11) is 1.45. The Kier molecular flexibility index (Phi) is 6.86. The summed E-state index contributed by atoms with van der Waals surface area (Å²) >= 11 is 0. The molecule has 15 heteroatoms. The number of carbonyl (C=O) groups excluding carboxylic acids is 2. The Morgan fingerprint density at radius 2 is 1.71 bits per heavy atom. The predicted molar refractivity (Wildman–Crippen MR) is 122 cm³/mol. The number of halogens is 6. The van der Waals surface area contributed by atoms with Gasteiger partial charge in [0, 0.05) is 25.2 Å². The number of fused-ring (bicyclic) bond motifs is 1. The summed E-state index contributed by atoms with van der Waals surface area (Å²) in [6.45, 7) is 2.18. The summed E-state index contributed by atoms with van der Waals surface area (Å²) in [5, 5.41) is 12.5. The molecule has 200 valence electrons. The predicted octanol–water partition coefficient (Wildman–Crippen LogP) is 4.32. The first-order chi connectivity index (χ1) is 17.8. The fraction of sp³-hybridized carbons (Fsp3) is 0.261. The van der Waals surface area contributed by atoms with Crippen molar-refractivity contribution in [3.63, 3.8) is 0 Å². The zero-order chi connectivity index (χ0) is 27.8. The quantitative estimate of drug-likeness (QED) is 0.341. The topological polar surface area (TPSA) is 106 Å². The van der Waals surface area contributed by atoms with E-state index in [4.69, 9.17) is 0 Å². The first kappa shape index (κ1) is 26.6. The average molecular weight is 539 g/mol. The van der Waals surface area contributed by atoms with Gasteiger partial charge in [-0.1, -0.05) is 6.92 Å². The number of alkyl halides is 5. The molecule has 0 aliphatic carbocycles. The highest BCUT2D eigenvalue weighted by Gasteiger charge is 2.60. The van der Waals surface area contributed by atoms with Gasteiger partial charge in [-0.15, -0.1) is 0 Å². The molecular formula is C23H19F6N7O2. The van der Waals surface area contributed by atoms with Crippen LogP contribution in [0.15, 0.2) is 42.6 Å². The number of aromatic nitrogens is 5. The minimum Gasteiger partial charge on any atom is -0.351 e. The van der Waals surface area contributed by atoms with Gasteiger partial charge in [-0.25, -0.2) is 13.9 Å². The minimum absolute atomic E-state index is 0.0171. The third kappa shape index (κ3) is 4.90. The molecule has 0 radical (unpaired) electrons. The first-order valence-electron chi connectivity index (χ1n) is 11.1. The number of amides is 2. The lowest BCUT2D eigenvalue weighted by molar-refractivity contribution is -0.291. The van der Waals surface area contributed by atoms with Crippen LogP contribution in [0.1, 0.15) is 40.0 Å². The second-order valence-corrected chi connectivity index (χ2v) is 8.15. The summed E-state index contributed by atoms with van der Waals surface area (Å²) in [5.74, 6) is -7.60. The highest BCUT2D eigenvalue weighted by molar-refractivity contribution is 6.07. The molecule has 1 aromatic carbocycles. The van der Waals surface area contributed by atoms with Gasteiger partial charge in [0.15, 0.2) is 11.3 Å². The molecule has 38 heavy (non-hydrogen) atoms. The van der Waals surface area contributed by atoms with E-state index in [1.165, 1.54) is 17.9 Å². The van der Waals surface area contributed by atoms with Gasteiger partial charge < -0.3 is 10.6 Å². The van der Waals surface area contributed by atoms with Crippen LogP contribution in [-0.2, 0) is 13.0 Å². The number of aryl methyl sites for hydroxylation is 1. The van der Waals surface area contributed by atoms with Crippen molar-refractivity contribution in [2.45, 2.75) is 25.4 Å². The Morgan fingerprint density at radius 3 is 2.34 bits per heavy atom. The number of carbonyl (C=O) groups is 2. The van der Waals surface area contributed by atoms with E-state index >= 15 is 0 Å². The molecule has 2 N–H and O–H groups in total. The third-order valence-electron chi connectivity index (χ3n) is 5.42. The normalized spacial score (nSPS) is 12.1. The van der Waals surface area contributed by atoms with Crippen LogP contribution >= 0.6 is 0 Å².